The Morgan fingerprint density at radius 2 is 2.12 bits per heavy atom. The van der Waals surface area contributed by atoms with Gasteiger partial charge in [0.25, 0.3) is 0 Å². The standard InChI is InChI=1S/C4H7NS.C2H6/c1-4-2-6-3-5-4;1-2/h2-3H2,1H3;1-2H3. The molecule has 1 heterocycles. The molecule has 0 saturated carbocycles. The van der Waals surface area contributed by atoms with Crippen LogP contribution in [0.1, 0.15) is 20.8 Å². The van der Waals surface area contributed by atoms with Crippen molar-refractivity contribution in [2.24, 2.45) is 4.99 Å². The molecular formula is C6H13NS. The Labute approximate surface area is 55.6 Å². The summed E-state index contributed by atoms with van der Waals surface area (Å²) in [4.78, 5) is 4.12. The molecular weight excluding hydrogens is 118 g/mol. The summed E-state index contributed by atoms with van der Waals surface area (Å²) in [5.74, 6) is 2.14. The number of thioether (sulfide) groups is 1. The third kappa shape index (κ3) is 3.08. The Hall–Kier alpha value is 0.0200. The van der Waals surface area contributed by atoms with Crippen molar-refractivity contribution in [3.63, 3.8) is 0 Å². The lowest BCUT2D eigenvalue weighted by atomic mass is 10.5. The molecule has 0 N–H and O–H groups in total. The van der Waals surface area contributed by atoms with E-state index in [0.29, 0.717) is 0 Å². The van der Waals surface area contributed by atoms with Gasteiger partial charge in [0, 0.05) is 11.5 Å². The fraction of sp³-hybridized carbons (Fsp3) is 0.833. The van der Waals surface area contributed by atoms with E-state index in [9.17, 15) is 0 Å². The van der Waals surface area contributed by atoms with Crippen LogP contribution in [0.25, 0.3) is 0 Å². The summed E-state index contributed by atoms with van der Waals surface area (Å²) in [5, 5.41) is 0. The van der Waals surface area contributed by atoms with Crippen LogP contribution in [0.5, 0.6) is 0 Å². The number of aliphatic imine (C=N–C) groups is 1. The molecule has 0 unspecified atom stereocenters. The molecule has 2 heteroatoms. The normalized spacial score (nSPS) is 16.6. The topological polar surface area (TPSA) is 12.4 Å². The van der Waals surface area contributed by atoms with Crippen LogP contribution in [0.4, 0.5) is 0 Å². The Kier molecular flexibility index (Phi) is 5.18. The Morgan fingerprint density at radius 3 is 2.25 bits per heavy atom. The molecule has 0 spiro atoms. The van der Waals surface area contributed by atoms with Gasteiger partial charge >= 0.3 is 0 Å². The molecule has 0 amide bonds. The summed E-state index contributed by atoms with van der Waals surface area (Å²) in [6.07, 6.45) is 0. The van der Waals surface area contributed by atoms with Gasteiger partial charge < -0.3 is 0 Å². The van der Waals surface area contributed by atoms with E-state index in [-0.39, 0.29) is 0 Å². The first-order chi connectivity index (χ1) is 3.89. The van der Waals surface area contributed by atoms with Crippen molar-refractivity contribution in [2.75, 3.05) is 11.6 Å². The second-order valence-corrected chi connectivity index (χ2v) is 2.33. The quantitative estimate of drug-likeness (QED) is 0.491. The highest BCUT2D eigenvalue weighted by molar-refractivity contribution is 8.00. The molecule has 0 aliphatic carbocycles. The third-order valence-electron chi connectivity index (χ3n) is 0.737. The van der Waals surface area contributed by atoms with Gasteiger partial charge in [0.05, 0.1) is 5.88 Å². The van der Waals surface area contributed by atoms with E-state index < -0.39 is 0 Å². The maximum absolute atomic E-state index is 4.12. The van der Waals surface area contributed by atoms with E-state index >= 15 is 0 Å². The summed E-state index contributed by atoms with van der Waals surface area (Å²) in [5.41, 5.74) is 1.29. The second-order valence-electron chi connectivity index (χ2n) is 1.37. The van der Waals surface area contributed by atoms with E-state index in [0.717, 1.165) is 11.6 Å². The highest BCUT2D eigenvalue weighted by atomic mass is 32.2. The van der Waals surface area contributed by atoms with Gasteiger partial charge in [0.1, 0.15) is 0 Å². The molecule has 1 aliphatic rings. The highest BCUT2D eigenvalue weighted by Crippen LogP contribution is 2.07. The van der Waals surface area contributed by atoms with Crippen molar-refractivity contribution >= 4 is 17.5 Å². The highest BCUT2D eigenvalue weighted by Gasteiger charge is 1.96. The van der Waals surface area contributed by atoms with Gasteiger partial charge in [-0.3, -0.25) is 4.99 Å². The zero-order valence-electron chi connectivity index (χ0n) is 5.77. The molecule has 0 radical (unpaired) electrons. The van der Waals surface area contributed by atoms with E-state index in [1.165, 1.54) is 5.71 Å². The van der Waals surface area contributed by atoms with Crippen molar-refractivity contribution in [1.82, 2.24) is 0 Å². The summed E-state index contributed by atoms with van der Waals surface area (Å²) < 4.78 is 0. The molecule has 1 aliphatic heterocycles. The van der Waals surface area contributed by atoms with Crippen molar-refractivity contribution in [1.29, 1.82) is 0 Å². The third-order valence-corrected chi connectivity index (χ3v) is 1.67. The summed E-state index contributed by atoms with van der Waals surface area (Å²) in [6, 6.07) is 0. The van der Waals surface area contributed by atoms with Crippen LogP contribution in [-0.2, 0) is 0 Å². The molecule has 0 aromatic heterocycles. The van der Waals surface area contributed by atoms with Crippen LogP contribution in [0.2, 0.25) is 0 Å². The molecule has 0 saturated heterocycles. The van der Waals surface area contributed by atoms with Crippen molar-refractivity contribution in [3.05, 3.63) is 0 Å². The Bertz CT molecular complexity index is 78.6. The number of rotatable bonds is 0. The average molecular weight is 131 g/mol. The maximum atomic E-state index is 4.12. The zero-order valence-corrected chi connectivity index (χ0v) is 6.59. The van der Waals surface area contributed by atoms with Gasteiger partial charge in [0.2, 0.25) is 0 Å². The first-order valence-electron chi connectivity index (χ1n) is 2.97. The average Bonchev–Trinajstić information content (AvgIpc) is 2.24. The summed E-state index contributed by atoms with van der Waals surface area (Å²) in [6.45, 7) is 6.07. The molecule has 48 valence electrons. The lowest BCUT2D eigenvalue weighted by Crippen LogP contribution is -1.84. The van der Waals surface area contributed by atoms with Crippen molar-refractivity contribution < 1.29 is 0 Å². The van der Waals surface area contributed by atoms with E-state index in [1.54, 1.807) is 0 Å². The van der Waals surface area contributed by atoms with E-state index in [4.69, 9.17) is 0 Å². The smallest absolute Gasteiger partial charge is 0.0847 e. The molecule has 0 fully saturated rings. The van der Waals surface area contributed by atoms with Gasteiger partial charge in [-0.25, -0.2) is 0 Å². The van der Waals surface area contributed by atoms with Gasteiger partial charge in [0.15, 0.2) is 0 Å². The van der Waals surface area contributed by atoms with Crippen LogP contribution in [0, 0.1) is 0 Å². The lowest BCUT2D eigenvalue weighted by molar-refractivity contribution is 1.39. The van der Waals surface area contributed by atoms with E-state index in [2.05, 4.69) is 11.9 Å². The van der Waals surface area contributed by atoms with Crippen LogP contribution < -0.4 is 0 Å². The minimum Gasteiger partial charge on any atom is -0.283 e. The monoisotopic (exact) mass is 131 g/mol. The fourth-order valence-corrected chi connectivity index (χ4v) is 1.18. The molecule has 1 nitrogen and oxygen atoms in total. The first-order valence-corrected chi connectivity index (χ1v) is 4.13. The largest absolute Gasteiger partial charge is 0.283 e. The second kappa shape index (κ2) is 5.16. The number of hydrogen-bond donors (Lipinski definition) is 0. The van der Waals surface area contributed by atoms with Gasteiger partial charge in [-0.2, -0.15) is 0 Å². The lowest BCUT2D eigenvalue weighted by Gasteiger charge is -1.76. The predicted octanol–water partition coefficient (Wildman–Crippen LogP) is 2.18. The van der Waals surface area contributed by atoms with Crippen molar-refractivity contribution in [2.45, 2.75) is 20.8 Å². The van der Waals surface area contributed by atoms with Gasteiger partial charge in [-0.15, -0.1) is 11.8 Å². The number of nitrogens with zero attached hydrogens (tertiary/aromatic N) is 1. The van der Waals surface area contributed by atoms with E-state index in [1.807, 2.05) is 25.6 Å². The van der Waals surface area contributed by atoms with Crippen LogP contribution in [0.15, 0.2) is 4.99 Å². The number of hydrogen-bond acceptors (Lipinski definition) is 2. The van der Waals surface area contributed by atoms with Crippen LogP contribution >= 0.6 is 11.8 Å². The minimum absolute atomic E-state index is 0.992. The van der Waals surface area contributed by atoms with Crippen molar-refractivity contribution in [3.8, 4) is 0 Å². The van der Waals surface area contributed by atoms with Gasteiger partial charge in [-0.1, -0.05) is 13.8 Å². The Morgan fingerprint density at radius 1 is 1.50 bits per heavy atom. The fourth-order valence-electron chi connectivity index (χ4n) is 0.395. The molecule has 0 atom stereocenters. The molecule has 0 aromatic rings. The minimum atomic E-state index is 0.992. The molecule has 0 aromatic carbocycles. The summed E-state index contributed by atoms with van der Waals surface area (Å²) >= 11 is 1.88. The maximum Gasteiger partial charge on any atom is 0.0847 e. The molecule has 0 bridgehead atoms. The SMILES string of the molecule is CC.CC1=NCSC1. The molecule has 8 heavy (non-hydrogen) atoms. The first kappa shape index (κ1) is 8.02. The van der Waals surface area contributed by atoms with Crippen LogP contribution in [-0.4, -0.2) is 17.3 Å². The predicted molar refractivity (Wildman–Crippen MR) is 41.8 cm³/mol. The van der Waals surface area contributed by atoms with Crippen LogP contribution in [0.3, 0.4) is 0 Å². The Balaban J connectivity index is 0.000000222. The summed E-state index contributed by atoms with van der Waals surface area (Å²) in [7, 11) is 0. The molecule has 1 rings (SSSR count). The van der Waals surface area contributed by atoms with Gasteiger partial charge in [-0.05, 0) is 6.92 Å². The zero-order chi connectivity index (χ0) is 6.41.